The van der Waals surface area contributed by atoms with E-state index >= 15 is 0 Å². The molecular formula is C20H27N5O3. The van der Waals surface area contributed by atoms with E-state index in [2.05, 4.69) is 15.3 Å². The van der Waals surface area contributed by atoms with Gasteiger partial charge in [0.2, 0.25) is 5.91 Å². The van der Waals surface area contributed by atoms with Crippen LogP contribution in [-0.2, 0) is 11.8 Å². The first-order chi connectivity index (χ1) is 13.3. The number of likely N-dealkylation sites (tertiary alicyclic amines) is 1. The highest BCUT2D eigenvalue weighted by molar-refractivity contribution is 6.04. The lowest BCUT2D eigenvalue weighted by atomic mass is 10.1. The van der Waals surface area contributed by atoms with Crippen molar-refractivity contribution < 1.29 is 14.7 Å². The third-order valence-electron chi connectivity index (χ3n) is 4.93. The lowest BCUT2D eigenvalue weighted by molar-refractivity contribution is -0.121. The molecule has 0 radical (unpaired) electrons. The largest absolute Gasteiger partial charge is 0.391 e. The van der Waals surface area contributed by atoms with E-state index < -0.39 is 6.10 Å². The summed E-state index contributed by atoms with van der Waals surface area (Å²) in [6.07, 6.45) is 7.35. The molecule has 2 amide bonds. The molecule has 0 spiro atoms. The number of allylic oxidation sites excluding steroid dienone is 1. The fourth-order valence-electron chi connectivity index (χ4n) is 3.52. The number of nitrogens with zero attached hydrogens (tertiary/aromatic N) is 4. The van der Waals surface area contributed by atoms with E-state index in [0.29, 0.717) is 36.9 Å². The second-order valence-corrected chi connectivity index (χ2v) is 7.59. The number of hydrogen-bond acceptors (Lipinski definition) is 5. The summed E-state index contributed by atoms with van der Waals surface area (Å²) in [5, 5.41) is 13.4. The minimum absolute atomic E-state index is 0.0676. The van der Waals surface area contributed by atoms with Crippen molar-refractivity contribution >= 4 is 22.8 Å². The normalized spacial score (nSPS) is 19.9. The Labute approximate surface area is 164 Å². The van der Waals surface area contributed by atoms with Crippen LogP contribution in [0.3, 0.4) is 0 Å². The molecule has 3 rings (SSSR count). The maximum Gasteiger partial charge on any atom is 0.257 e. The highest BCUT2D eigenvalue weighted by Crippen LogP contribution is 2.20. The van der Waals surface area contributed by atoms with E-state index in [1.54, 1.807) is 28.2 Å². The monoisotopic (exact) mass is 385 g/mol. The summed E-state index contributed by atoms with van der Waals surface area (Å²) in [5.41, 5.74) is 2.94. The molecule has 1 aliphatic rings. The number of carbonyl (C=O) groups is 2. The Kier molecular flexibility index (Phi) is 6.08. The number of nitrogens with one attached hydrogen (secondary N) is 1. The maximum absolute atomic E-state index is 13.1. The van der Waals surface area contributed by atoms with Crippen molar-refractivity contribution in [2.45, 2.75) is 45.3 Å². The molecule has 0 saturated carbocycles. The second kappa shape index (κ2) is 8.52. The summed E-state index contributed by atoms with van der Waals surface area (Å²) in [6.45, 7) is 4.58. The molecule has 1 aliphatic heterocycles. The van der Waals surface area contributed by atoms with Crippen molar-refractivity contribution in [3.8, 4) is 0 Å². The molecule has 28 heavy (non-hydrogen) atoms. The van der Waals surface area contributed by atoms with Crippen molar-refractivity contribution in [2.24, 2.45) is 7.05 Å². The van der Waals surface area contributed by atoms with Crippen LogP contribution in [0.5, 0.6) is 0 Å². The lowest BCUT2D eigenvalue weighted by Crippen LogP contribution is -2.36. The quantitative estimate of drug-likeness (QED) is 0.775. The smallest absolute Gasteiger partial charge is 0.257 e. The maximum atomic E-state index is 13.1. The third kappa shape index (κ3) is 4.56. The van der Waals surface area contributed by atoms with Gasteiger partial charge in [0.05, 0.1) is 29.7 Å². The Balaban J connectivity index is 1.70. The summed E-state index contributed by atoms with van der Waals surface area (Å²) in [5.74, 6) is -0.251. The zero-order valence-electron chi connectivity index (χ0n) is 16.6. The van der Waals surface area contributed by atoms with Crippen LogP contribution in [0.25, 0.3) is 11.0 Å². The Bertz CT molecular complexity index is 900. The van der Waals surface area contributed by atoms with Crippen molar-refractivity contribution in [2.75, 3.05) is 13.1 Å². The van der Waals surface area contributed by atoms with Crippen LogP contribution in [0.15, 0.2) is 30.4 Å². The molecular weight excluding hydrogens is 358 g/mol. The zero-order valence-corrected chi connectivity index (χ0v) is 16.6. The molecule has 8 heteroatoms. The predicted octanol–water partition coefficient (Wildman–Crippen LogP) is 1.41. The van der Waals surface area contributed by atoms with Crippen molar-refractivity contribution in [1.29, 1.82) is 0 Å². The Morgan fingerprint density at radius 2 is 2.14 bits per heavy atom. The highest BCUT2D eigenvalue weighted by atomic mass is 16.3. The van der Waals surface area contributed by atoms with Crippen LogP contribution < -0.4 is 5.32 Å². The fourth-order valence-corrected chi connectivity index (χ4v) is 3.52. The second-order valence-electron chi connectivity index (χ2n) is 7.59. The van der Waals surface area contributed by atoms with Crippen LogP contribution in [0, 0.1) is 0 Å². The molecule has 2 aromatic heterocycles. The lowest BCUT2D eigenvalue weighted by Gasteiger charge is -2.22. The topological polar surface area (TPSA) is 100 Å². The number of hydrogen-bond donors (Lipinski definition) is 2. The number of imidazole rings is 1. The van der Waals surface area contributed by atoms with Gasteiger partial charge in [-0.3, -0.25) is 14.6 Å². The first-order valence-corrected chi connectivity index (χ1v) is 9.50. The van der Waals surface area contributed by atoms with Crippen molar-refractivity contribution in [1.82, 2.24) is 24.8 Å². The van der Waals surface area contributed by atoms with Gasteiger partial charge in [0.1, 0.15) is 5.52 Å². The summed E-state index contributed by atoms with van der Waals surface area (Å²) in [4.78, 5) is 35.2. The number of pyridine rings is 1. The summed E-state index contributed by atoms with van der Waals surface area (Å²) in [6, 6.07) is -0.156. The zero-order chi connectivity index (χ0) is 20.3. The molecule has 8 nitrogen and oxygen atoms in total. The molecule has 0 unspecified atom stereocenters. The molecule has 3 heterocycles. The molecule has 2 aromatic rings. The van der Waals surface area contributed by atoms with E-state index in [9.17, 15) is 14.7 Å². The molecule has 0 bridgehead atoms. The van der Waals surface area contributed by atoms with Crippen molar-refractivity contribution in [3.05, 3.63) is 35.9 Å². The number of aryl methyl sites for hydroxylation is 1. The Morgan fingerprint density at radius 1 is 1.36 bits per heavy atom. The SMILES string of the molecule is CC(C)=CCC(=O)N[C@@H]1CCN(C(=O)c2cncc3ncn(C)c23)C[C@H](O)C1. The van der Waals surface area contributed by atoms with Gasteiger partial charge in [0.15, 0.2) is 0 Å². The number of amides is 2. The van der Waals surface area contributed by atoms with Gasteiger partial charge in [-0.15, -0.1) is 0 Å². The van der Waals surface area contributed by atoms with Gasteiger partial charge >= 0.3 is 0 Å². The van der Waals surface area contributed by atoms with Crippen LogP contribution in [-0.4, -0.2) is 61.6 Å². The van der Waals surface area contributed by atoms with E-state index in [4.69, 9.17) is 0 Å². The number of rotatable bonds is 4. The summed E-state index contributed by atoms with van der Waals surface area (Å²) >= 11 is 0. The van der Waals surface area contributed by atoms with E-state index in [1.165, 1.54) is 0 Å². The molecule has 2 N–H and O–H groups in total. The Morgan fingerprint density at radius 3 is 2.89 bits per heavy atom. The summed E-state index contributed by atoms with van der Waals surface area (Å²) < 4.78 is 1.80. The minimum atomic E-state index is -0.695. The predicted molar refractivity (Wildman–Crippen MR) is 106 cm³/mol. The first kappa shape index (κ1) is 20.0. The standard InChI is InChI=1S/C20H27N5O3/c1-13(2)4-5-18(27)23-14-6-7-25(11-15(26)8-14)20(28)16-9-21-10-17-19(16)24(3)12-22-17/h4,9-10,12,14-15,26H,5-8,11H2,1-3H3,(H,23,27)/t14-,15-/m1/s1. The van der Waals surface area contributed by atoms with Crippen LogP contribution in [0.4, 0.5) is 0 Å². The van der Waals surface area contributed by atoms with E-state index in [1.807, 2.05) is 27.0 Å². The Hall–Kier alpha value is -2.74. The van der Waals surface area contributed by atoms with Gasteiger partial charge in [0.25, 0.3) is 5.91 Å². The number of aromatic nitrogens is 3. The molecule has 2 atom stereocenters. The molecule has 1 fully saturated rings. The molecule has 0 aromatic carbocycles. The minimum Gasteiger partial charge on any atom is -0.391 e. The highest BCUT2D eigenvalue weighted by Gasteiger charge is 2.28. The number of β-amino-alcohol motifs (C(OH)–C–C–N with tert-alkyl or cyclic N) is 1. The van der Waals surface area contributed by atoms with Gasteiger partial charge in [-0.05, 0) is 26.7 Å². The van der Waals surface area contributed by atoms with Crippen LogP contribution in [0.2, 0.25) is 0 Å². The van der Waals surface area contributed by atoms with E-state index in [-0.39, 0.29) is 24.4 Å². The molecule has 0 aliphatic carbocycles. The van der Waals surface area contributed by atoms with Gasteiger partial charge in [-0.2, -0.15) is 0 Å². The number of aliphatic hydroxyl groups is 1. The van der Waals surface area contributed by atoms with Crippen LogP contribution >= 0.6 is 0 Å². The van der Waals surface area contributed by atoms with Gasteiger partial charge < -0.3 is 19.9 Å². The van der Waals surface area contributed by atoms with E-state index in [0.717, 1.165) is 11.1 Å². The fraction of sp³-hybridized carbons (Fsp3) is 0.500. The number of fused-ring (bicyclic) bond motifs is 1. The van der Waals surface area contributed by atoms with Gasteiger partial charge in [0, 0.05) is 38.8 Å². The van der Waals surface area contributed by atoms with Crippen LogP contribution in [0.1, 0.15) is 43.5 Å². The molecule has 1 saturated heterocycles. The van der Waals surface area contributed by atoms with Gasteiger partial charge in [-0.25, -0.2) is 4.98 Å². The average molecular weight is 385 g/mol. The van der Waals surface area contributed by atoms with Gasteiger partial charge in [-0.1, -0.05) is 11.6 Å². The first-order valence-electron chi connectivity index (χ1n) is 9.50. The number of carbonyl (C=O) groups excluding carboxylic acids is 2. The average Bonchev–Trinajstić information content (AvgIpc) is 2.93. The molecule has 150 valence electrons. The van der Waals surface area contributed by atoms with Crippen molar-refractivity contribution in [3.63, 3.8) is 0 Å². The number of aliphatic hydroxyl groups excluding tert-OH is 1. The third-order valence-corrected chi connectivity index (χ3v) is 4.93. The summed E-state index contributed by atoms with van der Waals surface area (Å²) in [7, 11) is 1.83.